The van der Waals surface area contributed by atoms with Gasteiger partial charge in [-0.3, -0.25) is 9.59 Å². The molecule has 0 aliphatic heterocycles. The number of ether oxygens (including phenoxy) is 1. The van der Waals surface area contributed by atoms with Crippen molar-refractivity contribution >= 4 is 17.9 Å². The second-order valence-corrected chi connectivity index (χ2v) is 12.1. The highest BCUT2D eigenvalue weighted by atomic mass is 16.6. The third-order valence-electron chi connectivity index (χ3n) is 6.25. The Hall–Kier alpha value is -2.77. The summed E-state index contributed by atoms with van der Waals surface area (Å²) in [6.07, 6.45) is 4.31. The molecule has 1 fully saturated rings. The van der Waals surface area contributed by atoms with E-state index in [4.69, 9.17) is 4.74 Å². The Bertz CT molecular complexity index is 910. The average Bonchev–Trinajstić information content (AvgIpc) is 2.74. The molecule has 2 unspecified atom stereocenters. The van der Waals surface area contributed by atoms with Crippen molar-refractivity contribution in [3.8, 4) is 5.75 Å². The molecule has 8 nitrogen and oxygen atoms in total. The zero-order chi connectivity index (χ0) is 27.3. The van der Waals surface area contributed by atoms with Crippen LogP contribution in [0, 0.1) is 5.92 Å². The van der Waals surface area contributed by atoms with Crippen LogP contribution in [0.4, 0.5) is 4.79 Å². The van der Waals surface area contributed by atoms with Crippen LogP contribution in [0.15, 0.2) is 24.3 Å². The van der Waals surface area contributed by atoms with Crippen molar-refractivity contribution < 1.29 is 24.2 Å². The summed E-state index contributed by atoms with van der Waals surface area (Å²) in [4.78, 5) is 42.1. The quantitative estimate of drug-likeness (QED) is 0.482. The first-order chi connectivity index (χ1) is 16.6. The van der Waals surface area contributed by atoms with Crippen LogP contribution in [0.25, 0.3) is 0 Å². The molecule has 0 radical (unpaired) electrons. The van der Waals surface area contributed by atoms with Crippen LogP contribution < -0.4 is 10.6 Å². The Morgan fingerprint density at radius 1 is 1.00 bits per heavy atom. The van der Waals surface area contributed by atoms with Crippen molar-refractivity contribution in [2.45, 2.75) is 117 Å². The zero-order valence-corrected chi connectivity index (χ0v) is 23.2. The van der Waals surface area contributed by atoms with Crippen molar-refractivity contribution in [2.24, 2.45) is 5.92 Å². The average molecular weight is 504 g/mol. The van der Waals surface area contributed by atoms with Crippen molar-refractivity contribution in [1.82, 2.24) is 15.5 Å². The molecule has 1 aliphatic rings. The Labute approximate surface area is 216 Å². The van der Waals surface area contributed by atoms with Crippen molar-refractivity contribution in [2.75, 3.05) is 0 Å². The number of alkyl carbamates (subject to hydrolysis) is 1. The second-order valence-electron chi connectivity index (χ2n) is 12.1. The van der Waals surface area contributed by atoms with Gasteiger partial charge in [0.2, 0.25) is 11.8 Å². The van der Waals surface area contributed by atoms with E-state index in [1.54, 1.807) is 39.0 Å². The Kier molecular flexibility index (Phi) is 9.80. The fraction of sp³-hybridized carbons (Fsp3) is 0.679. The Balaban J connectivity index is 2.51. The molecule has 36 heavy (non-hydrogen) atoms. The van der Waals surface area contributed by atoms with Crippen molar-refractivity contribution in [3.05, 3.63) is 29.8 Å². The number of amides is 3. The number of nitrogens with one attached hydrogen (secondary N) is 2. The van der Waals surface area contributed by atoms with Gasteiger partial charge < -0.3 is 25.4 Å². The lowest BCUT2D eigenvalue weighted by Crippen LogP contribution is -2.60. The summed E-state index contributed by atoms with van der Waals surface area (Å²) in [5.41, 5.74) is -1.19. The van der Waals surface area contributed by atoms with E-state index < -0.39 is 35.2 Å². The molecular formula is C28H45N3O5. The Morgan fingerprint density at radius 2 is 1.58 bits per heavy atom. The van der Waals surface area contributed by atoms with Crippen LogP contribution in [-0.4, -0.2) is 51.1 Å². The number of nitrogens with zero attached hydrogens (tertiary/aromatic N) is 1. The molecule has 202 valence electrons. The molecule has 8 heteroatoms. The number of para-hydroxylation sites is 1. The van der Waals surface area contributed by atoms with Gasteiger partial charge >= 0.3 is 6.09 Å². The fourth-order valence-corrected chi connectivity index (χ4v) is 4.59. The minimum atomic E-state index is -1.08. The number of hydrogen-bond acceptors (Lipinski definition) is 5. The third-order valence-corrected chi connectivity index (χ3v) is 6.25. The maximum atomic E-state index is 14.1. The SMILES string of the molecule is CC(C)C(NC(=O)OC(C)(C)C)C(=O)N(C(C(=O)NC1CCCCC1)c1ccccc1O)C(C)(C)C. The summed E-state index contributed by atoms with van der Waals surface area (Å²) in [7, 11) is 0. The number of aromatic hydroxyl groups is 1. The summed E-state index contributed by atoms with van der Waals surface area (Å²) in [5, 5.41) is 16.6. The largest absolute Gasteiger partial charge is 0.508 e. The van der Waals surface area contributed by atoms with Gasteiger partial charge in [-0.2, -0.15) is 0 Å². The molecule has 3 amide bonds. The number of carbonyl (C=O) groups is 3. The molecule has 0 aromatic heterocycles. The second kappa shape index (κ2) is 12.0. The molecule has 0 spiro atoms. The van der Waals surface area contributed by atoms with Crippen LogP contribution >= 0.6 is 0 Å². The lowest BCUT2D eigenvalue weighted by molar-refractivity contribution is -0.149. The number of carbonyl (C=O) groups excluding carboxylic acids is 3. The topological polar surface area (TPSA) is 108 Å². The predicted molar refractivity (Wildman–Crippen MR) is 140 cm³/mol. The van der Waals surface area contributed by atoms with Gasteiger partial charge in [-0.15, -0.1) is 0 Å². The van der Waals surface area contributed by atoms with Crippen molar-refractivity contribution in [3.63, 3.8) is 0 Å². The maximum Gasteiger partial charge on any atom is 0.408 e. The smallest absolute Gasteiger partial charge is 0.408 e. The van der Waals surface area contributed by atoms with Crippen molar-refractivity contribution in [1.29, 1.82) is 0 Å². The van der Waals surface area contributed by atoms with E-state index in [1.165, 1.54) is 11.0 Å². The number of phenolic OH excluding ortho intramolecular Hbond substituents is 1. The maximum absolute atomic E-state index is 14.1. The predicted octanol–water partition coefficient (Wildman–Crippen LogP) is 5.06. The van der Waals surface area contributed by atoms with Crippen LogP contribution in [-0.2, 0) is 14.3 Å². The van der Waals surface area contributed by atoms with Gasteiger partial charge in [0, 0.05) is 17.1 Å². The van der Waals surface area contributed by atoms with E-state index >= 15 is 0 Å². The first kappa shape index (κ1) is 29.5. The number of rotatable bonds is 7. The standard InChI is InChI=1S/C28H45N3O5/c1-18(2)22(30-26(35)36-28(6,7)8)25(34)31(27(3,4)5)23(20-16-12-13-17-21(20)32)24(33)29-19-14-10-9-11-15-19/h12-13,16-19,22-23,32H,9-11,14-15H2,1-8H3,(H,29,33)(H,30,35). The first-order valence-corrected chi connectivity index (χ1v) is 13.0. The minimum Gasteiger partial charge on any atom is -0.508 e. The highest BCUT2D eigenvalue weighted by Crippen LogP contribution is 2.35. The molecular weight excluding hydrogens is 458 g/mol. The minimum absolute atomic E-state index is 0.0253. The van der Waals surface area contributed by atoms with E-state index in [9.17, 15) is 19.5 Å². The molecule has 1 aliphatic carbocycles. The van der Waals surface area contributed by atoms with Crippen LogP contribution in [0.5, 0.6) is 5.75 Å². The normalized spacial score (nSPS) is 16.7. The molecule has 2 atom stereocenters. The number of hydrogen-bond donors (Lipinski definition) is 3. The molecule has 2 rings (SSSR count). The molecule has 1 aromatic carbocycles. The van der Waals surface area contributed by atoms with E-state index in [-0.39, 0.29) is 23.6 Å². The number of benzene rings is 1. The molecule has 0 bridgehead atoms. The summed E-state index contributed by atoms with van der Waals surface area (Å²) < 4.78 is 5.41. The summed E-state index contributed by atoms with van der Waals surface area (Å²) in [6, 6.07) is 4.60. The van der Waals surface area contributed by atoms with Crippen LogP contribution in [0.2, 0.25) is 0 Å². The van der Waals surface area contributed by atoms with Gasteiger partial charge in [-0.25, -0.2) is 4.79 Å². The van der Waals surface area contributed by atoms with E-state index in [1.807, 2.05) is 34.6 Å². The van der Waals surface area contributed by atoms with Gasteiger partial charge in [0.1, 0.15) is 23.4 Å². The molecule has 1 aromatic rings. The van der Waals surface area contributed by atoms with Crippen LogP contribution in [0.1, 0.15) is 99.1 Å². The monoisotopic (exact) mass is 503 g/mol. The Morgan fingerprint density at radius 3 is 2.08 bits per heavy atom. The van der Waals surface area contributed by atoms with Crippen LogP contribution in [0.3, 0.4) is 0 Å². The first-order valence-electron chi connectivity index (χ1n) is 13.0. The molecule has 3 N–H and O–H groups in total. The highest BCUT2D eigenvalue weighted by molar-refractivity contribution is 5.93. The van der Waals surface area contributed by atoms with Gasteiger partial charge in [-0.05, 0) is 66.4 Å². The lowest BCUT2D eigenvalue weighted by Gasteiger charge is -2.44. The van der Waals surface area contributed by atoms with Gasteiger partial charge in [0.15, 0.2) is 0 Å². The van der Waals surface area contributed by atoms with E-state index in [2.05, 4.69) is 10.6 Å². The zero-order valence-electron chi connectivity index (χ0n) is 23.2. The van der Waals surface area contributed by atoms with Gasteiger partial charge in [0.05, 0.1) is 0 Å². The summed E-state index contributed by atoms with van der Waals surface area (Å²) in [5.74, 6) is -1.10. The number of phenols is 1. The molecule has 0 saturated heterocycles. The summed E-state index contributed by atoms with van der Waals surface area (Å²) >= 11 is 0. The molecule has 0 heterocycles. The van der Waals surface area contributed by atoms with E-state index in [0.717, 1.165) is 32.1 Å². The third kappa shape index (κ3) is 8.14. The lowest BCUT2D eigenvalue weighted by atomic mass is 9.91. The van der Waals surface area contributed by atoms with E-state index in [0.29, 0.717) is 5.56 Å². The fourth-order valence-electron chi connectivity index (χ4n) is 4.59. The molecule has 1 saturated carbocycles. The highest BCUT2D eigenvalue weighted by Gasteiger charge is 2.43. The van der Waals surface area contributed by atoms with Gasteiger partial charge in [0.25, 0.3) is 0 Å². The van der Waals surface area contributed by atoms with Gasteiger partial charge in [-0.1, -0.05) is 51.3 Å². The summed E-state index contributed by atoms with van der Waals surface area (Å²) in [6.45, 7) is 14.5.